The zero-order chi connectivity index (χ0) is 20.6. The number of benzene rings is 3. The molecule has 0 heterocycles. The van der Waals surface area contributed by atoms with Crippen molar-refractivity contribution in [1.29, 1.82) is 0 Å². The number of hydrogen-bond acceptors (Lipinski definition) is 0. The Morgan fingerprint density at radius 2 is 1.03 bits per heavy atom. The van der Waals surface area contributed by atoms with Gasteiger partial charge in [-0.15, -0.1) is 0 Å². The molecule has 0 spiro atoms. The molecule has 0 aliphatic carbocycles. The van der Waals surface area contributed by atoms with Crippen LogP contribution in [0.15, 0.2) is 79.4 Å². The molecule has 0 saturated heterocycles. The summed E-state index contributed by atoms with van der Waals surface area (Å²) >= 11 is 0. The molecule has 142 valence electrons. The van der Waals surface area contributed by atoms with Crippen LogP contribution in [0, 0.1) is 23.7 Å². The molecule has 3 aromatic carbocycles. The molecule has 0 fully saturated rings. The summed E-state index contributed by atoms with van der Waals surface area (Å²) in [7, 11) is 0. The SMILES string of the molecule is C=C(C)c1ccc(C#Cc2ccc(C#Cc3ccc(C(C)CC)cc3)cc2)cc1. The second-order valence-corrected chi connectivity index (χ2v) is 7.37. The molecular formula is C29H26. The third kappa shape index (κ3) is 5.75. The fourth-order valence-corrected chi connectivity index (χ4v) is 2.89. The maximum absolute atomic E-state index is 3.96. The summed E-state index contributed by atoms with van der Waals surface area (Å²) in [5.74, 6) is 13.5. The van der Waals surface area contributed by atoms with Crippen molar-refractivity contribution < 1.29 is 0 Å². The van der Waals surface area contributed by atoms with Crippen LogP contribution in [-0.2, 0) is 0 Å². The van der Waals surface area contributed by atoms with Gasteiger partial charge in [-0.1, -0.05) is 73.9 Å². The molecule has 3 aromatic rings. The Morgan fingerprint density at radius 1 is 0.690 bits per heavy atom. The summed E-state index contributed by atoms with van der Waals surface area (Å²) in [5, 5.41) is 0. The van der Waals surface area contributed by atoms with E-state index in [1.807, 2.05) is 43.3 Å². The van der Waals surface area contributed by atoms with Gasteiger partial charge >= 0.3 is 0 Å². The topological polar surface area (TPSA) is 0 Å². The Balaban J connectivity index is 1.67. The van der Waals surface area contributed by atoms with Gasteiger partial charge in [-0.05, 0) is 78.9 Å². The fraction of sp³-hybridized carbons (Fsp3) is 0.172. The molecule has 0 aromatic heterocycles. The van der Waals surface area contributed by atoms with Gasteiger partial charge in [0.05, 0.1) is 0 Å². The molecular weight excluding hydrogens is 348 g/mol. The van der Waals surface area contributed by atoms with Gasteiger partial charge in [0, 0.05) is 22.3 Å². The third-order valence-electron chi connectivity index (χ3n) is 5.06. The predicted molar refractivity (Wildman–Crippen MR) is 125 cm³/mol. The third-order valence-corrected chi connectivity index (χ3v) is 5.06. The maximum atomic E-state index is 3.96. The van der Waals surface area contributed by atoms with Crippen molar-refractivity contribution in [1.82, 2.24) is 0 Å². The lowest BCUT2D eigenvalue weighted by molar-refractivity contribution is 0.733. The van der Waals surface area contributed by atoms with E-state index in [-0.39, 0.29) is 0 Å². The number of rotatable bonds is 3. The van der Waals surface area contributed by atoms with Crippen LogP contribution in [0.4, 0.5) is 0 Å². The lowest BCUT2D eigenvalue weighted by Gasteiger charge is -2.07. The molecule has 0 amide bonds. The largest absolute Gasteiger partial charge is 0.0955 e. The molecule has 3 rings (SSSR count). The summed E-state index contributed by atoms with van der Waals surface area (Å²) < 4.78 is 0. The number of hydrogen-bond donors (Lipinski definition) is 0. The Kier molecular flexibility index (Phi) is 6.73. The highest BCUT2D eigenvalue weighted by Gasteiger charge is 2.01. The molecule has 1 unspecified atom stereocenters. The standard InChI is InChI=1S/C29H26/c1-5-23(4)29-20-16-27(17-21-29)13-11-25-8-6-24(7-9-25)10-12-26-14-18-28(19-15-26)22(2)3/h6-9,14-21,23H,2,5H2,1,3-4H3. The van der Waals surface area contributed by atoms with Crippen molar-refractivity contribution in [3.8, 4) is 23.7 Å². The first-order valence-corrected chi connectivity index (χ1v) is 10.0. The van der Waals surface area contributed by atoms with Crippen LogP contribution in [0.3, 0.4) is 0 Å². The zero-order valence-corrected chi connectivity index (χ0v) is 17.4. The Bertz CT molecular complexity index is 1090. The van der Waals surface area contributed by atoms with E-state index in [9.17, 15) is 0 Å². The van der Waals surface area contributed by atoms with E-state index in [1.165, 1.54) is 5.56 Å². The van der Waals surface area contributed by atoms with E-state index < -0.39 is 0 Å². The van der Waals surface area contributed by atoms with Crippen molar-refractivity contribution in [2.24, 2.45) is 0 Å². The van der Waals surface area contributed by atoms with E-state index in [4.69, 9.17) is 0 Å². The minimum Gasteiger partial charge on any atom is -0.0955 e. The molecule has 0 radical (unpaired) electrons. The van der Waals surface area contributed by atoms with Crippen LogP contribution in [0.5, 0.6) is 0 Å². The van der Waals surface area contributed by atoms with Gasteiger partial charge in [-0.3, -0.25) is 0 Å². The quantitative estimate of drug-likeness (QED) is 0.432. The van der Waals surface area contributed by atoms with E-state index in [1.54, 1.807) is 0 Å². The second-order valence-electron chi connectivity index (χ2n) is 7.37. The van der Waals surface area contributed by atoms with E-state index in [0.717, 1.165) is 39.8 Å². The number of allylic oxidation sites excluding steroid dienone is 1. The van der Waals surface area contributed by atoms with Gasteiger partial charge in [0.1, 0.15) is 0 Å². The molecule has 0 aliphatic heterocycles. The van der Waals surface area contributed by atoms with Crippen molar-refractivity contribution in [3.63, 3.8) is 0 Å². The van der Waals surface area contributed by atoms with Gasteiger partial charge in [0.25, 0.3) is 0 Å². The van der Waals surface area contributed by atoms with Gasteiger partial charge in [0.15, 0.2) is 0 Å². The molecule has 1 atom stereocenters. The van der Waals surface area contributed by atoms with E-state index in [2.05, 4.69) is 80.5 Å². The van der Waals surface area contributed by atoms with Crippen LogP contribution < -0.4 is 0 Å². The minimum atomic E-state index is 0.592. The highest BCUT2D eigenvalue weighted by molar-refractivity contribution is 5.62. The summed E-state index contributed by atoms with van der Waals surface area (Å²) in [4.78, 5) is 0. The fourth-order valence-electron chi connectivity index (χ4n) is 2.89. The van der Waals surface area contributed by atoms with Crippen molar-refractivity contribution in [3.05, 3.63) is 113 Å². The van der Waals surface area contributed by atoms with E-state index in [0.29, 0.717) is 5.92 Å². The molecule has 0 heteroatoms. The van der Waals surface area contributed by atoms with Crippen molar-refractivity contribution >= 4 is 5.57 Å². The van der Waals surface area contributed by atoms with Crippen LogP contribution in [0.25, 0.3) is 5.57 Å². The van der Waals surface area contributed by atoms with Crippen molar-refractivity contribution in [2.75, 3.05) is 0 Å². The Labute approximate surface area is 175 Å². The second kappa shape index (κ2) is 9.64. The highest BCUT2D eigenvalue weighted by Crippen LogP contribution is 2.18. The lowest BCUT2D eigenvalue weighted by atomic mass is 9.98. The predicted octanol–water partition coefficient (Wildman–Crippen LogP) is 7.03. The molecule has 0 aliphatic rings. The van der Waals surface area contributed by atoms with Crippen LogP contribution in [0.1, 0.15) is 66.5 Å². The first-order chi connectivity index (χ1) is 14.0. The minimum absolute atomic E-state index is 0.592. The summed E-state index contributed by atoms with van der Waals surface area (Å²) in [6.07, 6.45) is 1.15. The first-order valence-electron chi connectivity index (χ1n) is 10.0. The molecule has 0 saturated carbocycles. The monoisotopic (exact) mass is 374 g/mol. The average molecular weight is 375 g/mol. The van der Waals surface area contributed by atoms with Crippen LogP contribution in [0.2, 0.25) is 0 Å². The summed E-state index contributed by atoms with van der Waals surface area (Å²) in [5.41, 5.74) is 7.60. The Morgan fingerprint density at radius 3 is 1.38 bits per heavy atom. The summed E-state index contributed by atoms with van der Waals surface area (Å²) in [6, 6.07) is 24.8. The average Bonchev–Trinajstić information content (AvgIpc) is 2.77. The normalized spacial score (nSPS) is 10.9. The lowest BCUT2D eigenvalue weighted by Crippen LogP contribution is -1.90. The van der Waals surface area contributed by atoms with Crippen LogP contribution >= 0.6 is 0 Å². The maximum Gasteiger partial charge on any atom is 0.0249 e. The zero-order valence-electron chi connectivity index (χ0n) is 17.4. The van der Waals surface area contributed by atoms with E-state index >= 15 is 0 Å². The van der Waals surface area contributed by atoms with Crippen molar-refractivity contribution in [2.45, 2.75) is 33.1 Å². The Hall–Kier alpha value is -3.48. The first kappa shape index (κ1) is 20.3. The molecule has 0 nitrogen and oxygen atoms in total. The smallest absolute Gasteiger partial charge is 0.0249 e. The van der Waals surface area contributed by atoms with Gasteiger partial charge in [-0.25, -0.2) is 0 Å². The molecule has 29 heavy (non-hydrogen) atoms. The van der Waals surface area contributed by atoms with Gasteiger partial charge in [-0.2, -0.15) is 0 Å². The summed E-state index contributed by atoms with van der Waals surface area (Å²) in [6.45, 7) is 10.4. The molecule has 0 bridgehead atoms. The highest BCUT2D eigenvalue weighted by atomic mass is 14.1. The van der Waals surface area contributed by atoms with Crippen LogP contribution in [-0.4, -0.2) is 0 Å². The van der Waals surface area contributed by atoms with Gasteiger partial charge < -0.3 is 0 Å². The van der Waals surface area contributed by atoms with Gasteiger partial charge in [0.2, 0.25) is 0 Å². The molecule has 0 N–H and O–H groups in total.